The first-order valence-electron chi connectivity index (χ1n) is 5.22. The molecule has 1 aliphatic carbocycles. The molecule has 13 heavy (non-hydrogen) atoms. The van der Waals surface area contributed by atoms with Crippen molar-refractivity contribution in [1.82, 2.24) is 0 Å². The SMILES string of the molecule is CCCCC1=C(C)C=CC1=C(C)C. The summed E-state index contributed by atoms with van der Waals surface area (Å²) in [6, 6.07) is 0. The molecule has 0 heterocycles. The van der Waals surface area contributed by atoms with Gasteiger partial charge in [0.2, 0.25) is 0 Å². The van der Waals surface area contributed by atoms with E-state index in [0.717, 1.165) is 0 Å². The van der Waals surface area contributed by atoms with E-state index in [1.807, 2.05) is 0 Å². The molecular weight excluding hydrogens is 156 g/mol. The summed E-state index contributed by atoms with van der Waals surface area (Å²) in [6.45, 7) is 8.87. The van der Waals surface area contributed by atoms with Gasteiger partial charge in [-0.25, -0.2) is 0 Å². The summed E-state index contributed by atoms with van der Waals surface area (Å²) in [5.74, 6) is 0. The molecule has 0 radical (unpaired) electrons. The molecule has 0 bridgehead atoms. The molecule has 1 aliphatic rings. The van der Waals surface area contributed by atoms with Crippen molar-refractivity contribution in [1.29, 1.82) is 0 Å². The topological polar surface area (TPSA) is 0 Å². The molecule has 0 aromatic rings. The van der Waals surface area contributed by atoms with Gasteiger partial charge in [-0.05, 0) is 50.3 Å². The molecule has 1 rings (SSSR count). The average molecular weight is 176 g/mol. The van der Waals surface area contributed by atoms with Crippen molar-refractivity contribution in [2.45, 2.75) is 47.0 Å². The largest absolute Gasteiger partial charge is 0.0689 e. The smallest absolute Gasteiger partial charge is 0.0235 e. The second kappa shape index (κ2) is 4.45. The first-order chi connectivity index (χ1) is 6.16. The molecule has 0 saturated heterocycles. The number of allylic oxidation sites excluding steroid dienone is 6. The maximum Gasteiger partial charge on any atom is -0.0235 e. The third-order valence-corrected chi connectivity index (χ3v) is 2.62. The summed E-state index contributed by atoms with van der Waals surface area (Å²) in [7, 11) is 0. The van der Waals surface area contributed by atoms with E-state index in [9.17, 15) is 0 Å². The standard InChI is InChI=1S/C13H20/c1-5-6-7-13-11(4)8-9-12(13)10(2)3/h8-9H,5-7H2,1-4H3. The first-order valence-corrected chi connectivity index (χ1v) is 5.22. The summed E-state index contributed by atoms with van der Waals surface area (Å²) in [6.07, 6.45) is 8.34. The quantitative estimate of drug-likeness (QED) is 0.598. The van der Waals surface area contributed by atoms with E-state index >= 15 is 0 Å². The van der Waals surface area contributed by atoms with Crippen LogP contribution in [-0.4, -0.2) is 0 Å². The molecule has 0 aromatic heterocycles. The van der Waals surface area contributed by atoms with Crippen molar-refractivity contribution in [3.8, 4) is 0 Å². The molecule has 0 saturated carbocycles. The van der Waals surface area contributed by atoms with Crippen LogP contribution in [0.3, 0.4) is 0 Å². The molecule has 0 heteroatoms. The molecule has 0 spiro atoms. The van der Waals surface area contributed by atoms with Gasteiger partial charge < -0.3 is 0 Å². The van der Waals surface area contributed by atoms with Gasteiger partial charge in [-0.2, -0.15) is 0 Å². The zero-order valence-corrected chi connectivity index (χ0v) is 9.28. The van der Waals surface area contributed by atoms with Gasteiger partial charge in [0.1, 0.15) is 0 Å². The van der Waals surface area contributed by atoms with Crippen molar-refractivity contribution >= 4 is 0 Å². The minimum absolute atomic E-state index is 1.25. The van der Waals surface area contributed by atoms with Gasteiger partial charge in [0, 0.05) is 0 Å². The molecule has 72 valence electrons. The van der Waals surface area contributed by atoms with Crippen LogP contribution in [0, 0.1) is 0 Å². The van der Waals surface area contributed by atoms with E-state index in [1.165, 1.54) is 36.0 Å². The van der Waals surface area contributed by atoms with E-state index in [2.05, 4.69) is 39.8 Å². The highest BCUT2D eigenvalue weighted by Crippen LogP contribution is 2.30. The van der Waals surface area contributed by atoms with Crippen LogP contribution in [0.25, 0.3) is 0 Å². The van der Waals surface area contributed by atoms with Crippen LogP contribution < -0.4 is 0 Å². The number of hydrogen-bond donors (Lipinski definition) is 0. The van der Waals surface area contributed by atoms with Gasteiger partial charge >= 0.3 is 0 Å². The Kier molecular flexibility index (Phi) is 3.53. The van der Waals surface area contributed by atoms with E-state index in [0.29, 0.717) is 0 Å². The van der Waals surface area contributed by atoms with E-state index < -0.39 is 0 Å². The lowest BCUT2D eigenvalue weighted by molar-refractivity contribution is 0.791. The summed E-state index contributed by atoms with van der Waals surface area (Å²) in [5, 5.41) is 0. The highest BCUT2D eigenvalue weighted by molar-refractivity contribution is 5.54. The molecule has 0 atom stereocenters. The number of unbranched alkanes of at least 4 members (excludes halogenated alkanes) is 1. The number of rotatable bonds is 3. The third kappa shape index (κ3) is 2.33. The monoisotopic (exact) mass is 176 g/mol. The predicted octanol–water partition coefficient (Wildman–Crippen LogP) is 4.40. The van der Waals surface area contributed by atoms with Gasteiger partial charge in [0.25, 0.3) is 0 Å². The highest BCUT2D eigenvalue weighted by Gasteiger charge is 2.11. The fourth-order valence-corrected chi connectivity index (χ4v) is 1.78. The Morgan fingerprint density at radius 2 is 1.92 bits per heavy atom. The van der Waals surface area contributed by atoms with Crippen LogP contribution in [0.5, 0.6) is 0 Å². The molecule has 0 aromatic carbocycles. The lowest BCUT2D eigenvalue weighted by Gasteiger charge is -2.07. The van der Waals surface area contributed by atoms with Crippen LogP contribution in [0.1, 0.15) is 47.0 Å². The van der Waals surface area contributed by atoms with Crippen LogP contribution in [0.15, 0.2) is 34.4 Å². The van der Waals surface area contributed by atoms with Crippen LogP contribution in [0.4, 0.5) is 0 Å². The zero-order chi connectivity index (χ0) is 9.84. The average Bonchev–Trinajstić information content (AvgIpc) is 2.43. The lowest BCUT2D eigenvalue weighted by atomic mass is 9.98. The fraction of sp³-hybridized carbons (Fsp3) is 0.538. The Morgan fingerprint density at radius 1 is 1.23 bits per heavy atom. The minimum atomic E-state index is 1.25. The van der Waals surface area contributed by atoms with Crippen molar-refractivity contribution in [3.05, 3.63) is 34.4 Å². The minimum Gasteiger partial charge on any atom is -0.0689 e. The normalized spacial score (nSPS) is 15.8. The summed E-state index contributed by atoms with van der Waals surface area (Å²) in [5.41, 5.74) is 5.96. The predicted molar refractivity (Wildman–Crippen MR) is 59.7 cm³/mol. The van der Waals surface area contributed by atoms with Gasteiger partial charge in [0.05, 0.1) is 0 Å². The Morgan fingerprint density at radius 3 is 2.46 bits per heavy atom. The Bertz CT molecular complexity index is 270. The highest BCUT2D eigenvalue weighted by atomic mass is 14.2. The lowest BCUT2D eigenvalue weighted by Crippen LogP contribution is -1.88. The molecule has 0 unspecified atom stereocenters. The summed E-state index contributed by atoms with van der Waals surface area (Å²) >= 11 is 0. The maximum absolute atomic E-state index is 2.26. The van der Waals surface area contributed by atoms with Gasteiger partial charge in [-0.15, -0.1) is 0 Å². The van der Waals surface area contributed by atoms with Crippen molar-refractivity contribution < 1.29 is 0 Å². The zero-order valence-electron chi connectivity index (χ0n) is 9.28. The van der Waals surface area contributed by atoms with Gasteiger partial charge in [-0.3, -0.25) is 0 Å². The molecule has 0 N–H and O–H groups in total. The molecule has 0 nitrogen and oxygen atoms in total. The second-order valence-electron chi connectivity index (χ2n) is 4.01. The van der Waals surface area contributed by atoms with Gasteiger partial charge in [0.15, 0.2) is 0 Å². The van der Waals surface area contributed by atoms with Crippen LogP contribution in [0.2, 0.25) is 0 Å². The van der Waals surface area contributed by atoms with Crippen LogP contribution >= 0.6 is 0 Å². The second-order valence-corrected chi connectivity index (χ2v) is 4.01. The van der Waals surface area contributed by atoms with Crippen molar-refractivity contribution in [2.24, 2.45) is 0 Å². The third-order valence-electron chi connectivity index (χ3n) is 2.62. The number of hydrogen-bond acceptors (Lipinski definition) is 0. The van der Waals surface area contributed by atoms with Crippen molar-refractivity contribution in [2.75, 3.05) is 0 Å². The van der Waals surface area contributed by atoms with E-state index in [-0.39, 0.29) is 0 Å². The summed E-state index contributed by atoms with van der Waals surface area (Å²) < 4.78 is 0. The Hall–Kier alpha value is -0.780. The van der Waals surface area contributed by atoms with Crippen LogP contribution in [-0.2, 0) is 0 Å². The fourth-order valence-electron chi connectivity index (χ4n) is 1.78. The molecule has 0 amide bonds. The first kappa shape index (κ1) is 10.3. The molecule has 0 aliphatic heterocycles. The Labute approximate surface area is 82.0 Å². The van der Waals surface area contributed by atoms with E-state index in [4.69, 9.17) is 0 Å². The van der Waals surface area contributed by atoms with E-state index in [1.54, 1.807) is 5.57 Å². The molecular formula is C13H20. The summed E-state index contributed by atoms with van der Waals surface area (Å²) in [4.78, 5) is 0. The van der Waals surface area contributed by atoms with Gasteiger partial charge in [-0.1, -0.05) is 31.1 Å². The maximum atomic E-state index is 2.26. The molecule has 0 fully saturated rings. The van der Waals surface area contributed by atoms with Crippen molar-refractivity contribution in [3.63, 3.8) is 0 Å². The Balaban J connectivity index is 2.82.